The fourth-order valence-electron chi connectivity index (χ4n) is 5.52. The number of aryl methyl sites for hydroxylation is 1. The highest BCUT2D eigenvalue weighted by Gasteiger charge is 2.50. The summed E-state index contributed by atoms with van der Waals surface area (Å²) in [5.74, 6) is -3.44. The van der Waals surface area contributed by atoms with E-state index in [-0.39, 0.29) is 54.9 Å². The number of sulfonamides is 1. The van der Waals surface area contributed by atoms with Crippen molar-refractivity contribution in [1.82, 2.24) is 9.97 Å². The summed E-state index contributed by atoms with van der Waals surface area (Å²) in [5.41, 5.74) is 0.248. The topological polar surface area (TPSA) is 128 Å². The summed E-state index contributed by atoms with van der Waals surface area (Å²) < 4.78 is 69.1. The minimum absolute atomic E-state index is 0.0911. The van der Waals surface area contributed by atoms with Crippen molar-refractivity contribution in [2.45, 2.75) is 50.6 Å². The number of rotatable bonds is 8. The van der Waals surface area contributed by atoms with Crippen molar-refractivity contribution >= 4 is 39.1 Å². The Morgan fingerprint density at radius 3 is 2.45 bits per heavy atom. The van der Waals surface area contributed by atoms with Gasteiger partial charge >= 0.3 is 0 Å². The van der Waals surface area contributed by atoms with E-state index < -0.39 is 39.9 Å². The number of amides is 1. The zero-order chi connectivity index (χ0) is 28.7. The number of fused-ring (bicyclic) bond motifs is 1. The summed E-state index contributed by atoms with van der Waals surface area (Å²) in [6.07, 6.45) is 0.955. The first-order valence-electron chi connectivity index (χ1n) is 13.4. The molecule has 40 heavy (non-hydrogen) atoms. The second-order valence-electron chi connectivity index (χ2n) is 10.8. The molecular formula is C26H33F3N6O4S. The average molecular weight is 583 g/mol. The van der Waals surface area contributed by atoms with Crippen molar-refractivity contribution < 1.29 is 31.5 Å². The van der Waals surface area contributed by atoms with Crippen molar-refractivity contribution in [3.8, 4) is 0 Å². The number of aliphatic hydroxyl groups excluding tert-OH is 1. The summed E-state index contributed by atoms with van der Waals surface area (Å²) in [6, 6.07) is 6.05. The van der Waals surface area contributed by atoms with Crippen molar-refractivity contribution in [1.29, 1.82) is 0 Å². The second-order valence-corrected chi connectivity index (χ2v) is 12.7. The maximum atomic E-state index is 15.0. The van der Waals surface area contributed by atoms with Crippen LogP contribution in [0.2, 0.25) is 0 Å². The molecule has 3 aliphatic rings. The molecule has 2 aliphatic heterocycles. The third-order valence-electron chi connectivity index (χ3n) is 7.96. The second kappa shape index (κ2) is 10.7. The Bertz CT molecular complexity index is 1380. The molecule has 0 bridgehead atoms. The summed E-state index contributed by atoms with van der Waals surface area (Å²) in [4.78, 5) is 25.8. The minimum Gasteiger partial charge on any atom is -0.395 e. The Kier molecular flexibility index (Phi) is 7.59. The van der Waals surface area contributed by atoms with E-state index in [1.807, 2.05) is 4.90 Å². The number of piperidine rings is 2. The number of carbonyl (C=O) groups excluding carboxylic acids is 1. The lowest BCUT2D eigenvalue weighted by atomic mass is 9.66. The van der Waals surface area contributed by atoms with Crippen LogP contribution in [0.1, 0.15) is 48.2 Å². The first-order valence-corrected chi connectivity index (χ1v) is 15.0. The Hall–Kier alpha value is -3.13. The van der Waals surface area contributed by atoms with Crippen LogP contribution in [0.15, 0.2) is 24.3 Å². The SMILES string of the molecule is Cc1cc(NC(=O)c2ccc(NS(=O)(=O)CCO)cc2N2CC[C@]3(F)CC[C@@H]3C2)nc(N2CCC(F)(F)CC2)n1. The Labute approximate surface area is 231 Å². The normalized spacial score (nSPS) is 24.2. The van der Waals surface area contributed by atoms with Crippen molar-refractivity contribution in [2.24, 2.45) is 5.92 Å². The van der Waals surface area contributed by atoms with Crippen LogP contribution in [0.5, 0.6) is 0 Å². The van der Waals surface area contributed by atoms with Gasteiger partial charge in [-0.15, -0.1) is 0 Å². The lowest BCUT2D eigenvalue weighted by molar-refractivity contribution is -0.0309. The van der Waals surface area contributed by atoms with Gasteiger partial charge in [-0.25, -0.2) is 26.6 Å². The van der Waals surface area contributed by atoms with E-state index in [9.17, 15) is 26.4 Å². The van der Waals surface area contributed by atoms with E-state index in [1.54, 1.807) is 17.9 Å². The fourth-order valence-corrected chi connectivity index (χ4v) is 6.35. The highest BCUT2D eigenvalue weighted by Crippen LogP contribution is 2.48. The number of hydrogen-bond donors (Lipinski definition) is 3. The highest BCUT2D eigenvalue weighted by atomic mass is 32.2. The molecule has 0 unspecified atom stereocenters. The van der Waals surface area contributed by atoms with Crippen LogP contribution < -0.4 is 19.8 Å². The van der Waals surface area contributed by atoms with Gasteiger partial charge in [0.15, 0.2) is 0 Å². The predicted octanol–water partition coefficient (Wildman–Crippen LogP) is 3.34. The highest BCUT2D eigenvalue weighted by molar-refractivity contribution is 7.92. The molecule has 5 rings (SSSR count). The Morgan fingerprint density at radius 2 is 1.80 bits per heavy atom. The van der Waals surface area contributed by atoms with Crippen LogP contribution in [-0.2, 0) is 10.0 Å². The number of anilines is 4. The fraction of sp³-hybridized carbons (Fsp3) is 0.577. The van der Waals surface area contributed by atoms with Crippen LogP contribution in [-0.4, -0.2) is 79.5 Å². The number of nitrogens with one attached hydrogen (secondary N) is 2. The molecule has 1 aromatic carbocycles. The number of hydrogen-bond acceptors (Lipinski definition) is 8. The van der Waals surface area contributed by atoms with E-state index in [1.165, 1.54) is 18.2 Å². The van der Waals surface area contributed by atoms with Crippen molar-refractivity contribution in [2.75, 3.05) is 58.4 Å². The van der Waals surface area contributed by atoms with Gasteiger partial charge in [0.25, 0.3) is 11.8 Å². The number of alkyl halides is 3. The molecule has 1 amide bonds. The van der Waals surface area contributed by atoms with E-state index in [0.29, 0.717) is 37.3 Å². The number of aromatic nitrogens is 2. The largest absolute Gasteiger partial charge is 0.395 e. The van der Waals surface area contributed by atoms with E-state index in [2.05, 4.69) is 20.0 Å². The van der Waals surface area contributed by atoms with Crippen LogP contribution in [0.25, 0.3) is 0 Å². The monoisotopic (exact) mass is 582 g/mol. The van der Waals surface area contributed by atoms with Crippen LogP contribution in [0.3, 0.4) is 0 Å². The number of halogens is 3. The van der Waals surface area contributed by atoms with Gasteiger partial charge in [-0.1, -0.05) is 0 Å². The first kappa shape index (κ1) is 28.4. The Balaban J connectivity index is 1.41. The number of benzene rings is 1. The van der Waals surface area contributed by atoms with Crippen molar-refractivity contribution in [3.05, 3.63) is 35.5 Å². The molecule has 10 nitrogen and oxygen atoms in total. The molecule has 3 N–H and O–H groups in total. The Morgan fingerprint density at radius 1 is 1.07 bits per heavy atom. The molecule has 14 heteroatoms. The van der Waals surface area contributed by atoms with E-state index in [0.717, 1.165) is 6.42 Å². The summed E-state index contributed by atoms with van der Waals surface area (Å²) in [5, 5.41) is 11.8. The molecule has 1 aliphatic carbocycles. The summed E-state index contributed by atoms with van der Waals surface area (Å²) >= 11 is 0. The number of aliphatic hydroxyl groups is 1. The van der Waals surface area contributed by atoms with Gasteiger partial charge in [0.2, 0.25) is 16.0 Å². The zero-order valence-corrected chi connectivity index (χ0v) is 23.0. The molecular weight excluding hydrogens is 549 g/mol. The van der Waals surface area contributed by atoms with Gasteiger partial charge in [0, 0.05) is 56.7 Å². The first-order chi connectivity index (χ1) is 18.9. The molecule has 0 radical (unpaired) electrons. The average Bonchev–Trinajstić information content (AvgIpc) is 2.86. The van der Waals surface area contributed by atoms with Gasteiger partial charge in [0.05, 0.1) is 29.3 Å². The maximum Gasteiger partial charge on any atom is 0.258 e. The molecule has 218 valence electrons. The maximum absolute atomic E-state index is 15.0. The minimum atomic E-state index is -3.81. The molecule has 1 aromatic heterocycles. The van der Waals surface area contributed by atoms with E-state index in [4.69, 9.17) is 5.11 Å². The van der Waals surface area contributed by atoms with E-state index >= 15 is 0 Å². The predicted molar refractivity (Wildman–Crippen MR) is 145 cm³/mol. The lowest BCUT2D eigenvalue weighted by Crippen LogP contribution is -2.55. The van der Waals surface area contributed by atoms with Gasteiger partial charge in [0.1, 0.15) is 11.5 Å². The quantitative estimate of drug-likeness (QED) is 0.433. The molecule has 3 fully saturated rings. The lowest BCUT2D eigenvalue weighted by Gasteiger charge is -2.51. The van der Waals surface area contributed by atoms with Gasteiger partial charge in [-0.2, -0.15) is 4.98 Å². The summed E-state index contributed by atoms with van der Waals surface area (Å²) in [6.45, 7) is 2.10. The molecule has 3 heterocycles. The van der Waals surface area contributed by atoms with Gasteiger partial charge in [-0.05, 0) is 44.4 Å². The molecule has 2 saturated heterocycles. The zero-order valence-electron chi connectivity index (χ0n) is 22.2. The smallest absolute Gasteiger partial charge is 0.258 e. The standard InChI is InChI=1S/C26H33F3N6O4S/c1-17-14-22(32-24(30-17)34-10-7-26(28,29)8-11-34)31-23(37)20-3-2-19(33-40(38,39)13-12-36)15-21(20)35-9-6-25(27)5-4-18(25)16-35/h2-3,14-15,18,33,36H,4-13,16H2,1H3,(H,30,31,32,37)/t18-,25-/m1/s1. The number of carbonyl (C=O) groups is 1. The third-order valence-corrected chi connectivity index (χ3v) is 9.22. The molecule has 2 atom stereocenters. The van der Waals surface area contributed by atoms with Crippen LogP contribution in [0, 0.1) is 12.8 Å². The van der Waals surface area contributed by atoms with Gasteiger partial charge in [-0.3, -0.25) is 9.52 Å². The molecule has 1 saturated carbocycles. The van der Waals surface area contributed by atoms with Crippen LogP contribution >= 0.6 is 0 Å². The third kappa shape index (κ3) is 6.12. The number of nitrogens with zero attached hydrogens (tertiary/aromatic N) is 4. The van der Waals surface area contributed by atoms with Crippen LogP contribution in [0.4, 0.5) is 36.3 Å². The van der Waals surface area contributed by atoms with Gasteiger partial charge < -0.3 is 20.2 Å². The summed E-state index contributed by atoms with van der Waals surface area (Å²) in [7, 11) is -3.81. The molecule has 2 aromatic rings. The molecule has 0 spiro atoms. The van der Waals surface area contributed by atoms with Crippen molar-refractivity contribution in [3.63, 3.8) is 0 Å².